The van der Waals surface area contributed by atoms with Crippen molar-refractivity contribution in [2.75, 3.05) is 40.6 Å². The SMILES string of the molecule is COc1ccc(C2(Br)Nc3cc(C(=O)N(S(=O)(=O)N(C)C)S(=O)(=O)N(C)C)ccc3C2(C2CCCCC2)C2CCCCC2)c(C=O)c1. The van der Waals surface area contributed by atoms with Crippen molar-refractivity contribution in [2.24, 2.45) is 11.8 Å². The van der Waals surface area contributed by atoms with Crippen molar-refractivity contribution in [3.8, 4) is 5.75 Å². The molecule has 258 valence electrons. The second-order valence-electron chi connectivity index (χ2n) is 13.2. The lowest BCUT2D eigenvalue weighted by Crippen LogP contribution is -2.56. The number of amides is 1. The summed E-state index contributed by atoms with van der Waals surface area (Å²) in [6.07, 6.45) is 11.4. The van der Waals surface area contributed by atoms with Crippen molar-refractivity contribution in [3.05, 3.63) is 58.7 Å². The number of carbonyl (C=O) groups excluding carboxylic acids is 2. The number of anilines is 1. The minimum absolute atomic E-state index is 0.0540. The number of hydrogen-bond acceptors (Lipinski definition) is 8. The lowest BCUT2D eigenvalue weighted by Gasteiger charge is -2.55. The highest BCUT2D eigenvalue weighted by Crippen LogP contribution is 2.67. The maximum absolute atomic E-state index is 14.0. The van der Waals surface area contributed by atoms with E-state index >= 15 is 0 Å². The molecule has 0 bridgehead atoms. The smallest absolute Gasteiger partial charge is 0.320 e. The average Bonchev–Trinajstić information content (AvgIpc) is 3.33. The first-order valence-corrected chi connectivity index (χ1v) is 19.7. The Kier molecular flexibility index (Phi) is 10.2. The number of methoxy groups -OCH3 is 1. The molecule has 2 aromatic rings. The van der Waals surface area contributed by atoms with E-state index in [2.05, 4.69) is 21.2 Å². The van der Waals surface area contributed by atoms with Gasteiger partial charge < -0.3 is 10.1 Å². The molecule has 0 aromatic heterocycles. The molecule has 2 saturated carbocycles. The molecule has 47 heavy (non-hydrogen) atoms. The molecule has 2 aromatic carbocycles. The van der Waals surface area contributed by atoms with Crippen LogP contribution in [0, 0.1) is 11.8 Å². The second kappa shape index (κ2) is 13.4. The quantitative estimate of drug-likeness (QED) is 0.188. The maximum Gasteiger partial charge on any atom is 0.320 e. The molecule has 1 heterocycles. The fourth-order valence-corrected chi connectivity index (χ4v) is 12.6. The zero-order chi connectivity index (χ0) is 34.4. The summed E-state index contributed by atoms with van der Waals surface area (Å²) in [5, 5.41) is 3.71. The Morgan fingerprint density at radius 2 is 1.34 bits per heavy atom. The molecule has 2 fully saturated rings. The lowest BCUT2D eigenvalue weighted by atomic mass is 9.53. The van der Waals surface area contributed by atoms with Gasteiger partial charge in [-0.1, -0.05) is 70.3 Å². The van der Waals surface area contributed by atoms with Crippen LogP contribution < -0.4 is 10.1 Å². The number of halogens is 1. The largest absolute Gasteiger partial charge is 0.497 e. The number of hydrogen-bond donors (Lipinski definition) is 1. The number of nitrogens with one attached hydrogen (secondary N) is 1. The summed E-state index contributed by atoms with van der Waals surface area (Å²) in [6, 6.07) is 10.5. The molecule has 0 radical (unpaired) electrons. The van der Waals surface area contributed by atoms with Gasteiger partial charge in [-0.05, 0) is 72.9 Å². The summed E-state index contributed by atoms with van der Waals surface area (Å²) >= 11 is 4.25. The monoisotopic (exact) mass is 752 g/mol. The highest BCUT2D eigenvalue weighted by Gasteiger charge is 2.65. The summed E-state index contributed by atoms with van der Waals surface area (Å²) in [5.74, 6) is -0.172. The van der Waals surface area contributed by atoms with Gasteiger partial charge in [0.25, 0.3) is 5.91 Å². The van der Waals surface area contributed by atoms with Gasteiger partial charge in [-0.15, -0.1) is 0 Å². The molecular weight excluding hydrogens is 708 g/mol. The Hall–Kier alpha value is -2.52. The fourth-order valence-electron chi connectivity index (χ4n) is 8.17. The third kappa shape index (κ3) is 5.81. The molecule has 1 amide bonds. The van der Waals surface area contributed by atoms with Crippen molar-refractivity contribution in [2.45, 2.75) is 74.1 Å². The second-order valence-corrected chi connectivity index (χ2v) is 18.6. The van der Waals surface area contributed by atoms with Crippen molar-refractivity contribution < 1.29 is 31.2 Å². The van der Waals surface area contributed by atoms with E-state index in [1.807, 2.05) is 18.2 Å². The van der Waals surface area contributed by atoms with Gasteiger partial charge in [0.15, 0.2) is 6.29 Å². The predicted molar refractivity (Wildman–Crippen MR) is 185 cm³/mol. The van der Waals surface area contributed by atoms with E-state index in [0.29, 0.717) is 25.6 Å². The number of benzene rings is 2. The van der Waals surface area contributed by atoms with E-state index < -0.39 is 36.2 Å². The van der Waals surface area contributed by atoms with E-state index in [4.69, 9.17) is 4.74 Å². The van der Waals surface area contributed by atoms with Gasteiger partial charge in [0.05, 0.1) is 7.11 Å². The molecule has 11 nitrogen and oxygen atoms in total. The van der Waals surface area contributed by atoms with Gasteiger partial charge >= 0.3 is 20.4 Å². The van der Waals surface area contributed by atoms with E-state index in [1.54, 1.807) is 25.3 Å². The van der Waals surface area contributed by atoms with Crippen LogP contribution in [0.5, 0.6) is 5.75 Å². The van der Waals surface area contributed by atoms with Gasteiger partial charge in [-0.2, -0.15) is 25.4 Å². The van der Waals surface area contributed by atoms with E-state index in [0.717, 1.165) is 81.6 Å². The number of carbonyl (C=O) groups is 2. The molecule has 5 rings (SSSR count). The summed E-state index contributed by atoms with van der Waals surface area (Å²) in [7, 11) is -3.22. The molecule has 1 aliphatic heterocycles. The Morgan fingerprint density at radius 1 is 0.830 bits per heavy atom. The van der Waals surface area contributed by atoms with Crippen LogP contribution in [0.4, 0.5) is 5.69 Å². The molecular formula is C33H45BrN4O7S2. The zero-order valence-corrected chi connectivity index (χ0v) is 30.9. The van der Waals surface area contributed by atoms with Crippen molar-refractivity contribution in [3.63, 3.8) is 0 Å². The Balaban J connectivity index is 1.77. The number of rotatable bonds is 10. The molecule has 1 atom stereocenters. The number of ether oxygens (including phenoxy) is 1. The minimum Gasteiger partial charge on any atom is -0.497 e. The molecule has 1 unspecified atom stereocenters. The van der Waals surface area contributed by atoms with E-state index in [1.165, 1.54) is 28.2 Å². The number of nitrogens with zero attached hydrogens (tertiary/aromatic N) is 3. The summed E-state index contributed by atoms with van der Waals surface area (Å²) in [4.78, 5) is 26.7. The van der Waals surface area contributed by atoms with Crippen molar-refractivity contribution in [1.82, 2.24) is 12.3 Å². The molecule has 1 N–H and O–H groups in total. The average molecular weight is 754 g/mol. The first-order valence-electron chi connectivity index (χ1n) is 16.1. The third-order valence-corrected chi connectivity index (χ3v) is 15.8. The maximum atomic E-state index is 14.0. The van der Waals surface area contributed by atoms with Crippen LogP contribution in [0.2, 0.25) is 0 Å². The number of fused-ring (bicyclic) bond motifs is 1. The van der Waals surface area contributed by atoms with Gasteiger partial charge in [-0.25, -0.2) is 0 Å². The third-order valence-electron chi connectivity index (χ3n) is 10.4. The standard InChI is InChI=1S/C33H45BrN4O7S2/c1-36(2)46(41,42)38(47(43,44)37(3)4)31(40)23-16-18-29-30(21-23)35-33(34,28-19-17-27(45-5)20-24(28)22-39)32(29,25-12-8-6-9-13-25)26-14-10-7-11-15-26/h16-22,25-26,35H,6-15H2,1-5H3. The van der Waals surface area contributed by atoms with Gasteiger partial charge in [-0.3, -0.25) is 9.59 Å². The van der Waals surface area contributed by atoms with Gasteiger partial charge in [0.2, 0.25) is 0 Å². The van der Waals surface area contributed by atoms with Crippen molar-refractivity contribution >= 4 is 54.2 Å². The van der Waals surface area contributed by atoms with Gasteiger partial charge in [0.1, 0.15) is 10.2 Å². The Morgan fingerprint density at radius 3 is 1.81 bits per heavy atom. The molecule has 14 heteroatoms. The van der Waals surface area contributed by atoms with E-state index in [9.17, 15) is 26.4 Å². The lowest BCUT2D eigenvalue weighted by molar-refractivity contribution is 0.0772. The van der Waals surface area contributed by atoms with Crippen LogP contribution in [0.15, 0.2) is 36.4 Å². The normalized spacial score (nSPS) is 22.1. The van der Waals surface area contributed by atoms with Crippen LogP contribution in [0.3, 0.4) is 0 Å². The predicted octanol–water partition coefficient (Wildman–Crippen LogP) is 5.63. The van der Waals surface area contributed by atoms with Crippen LogP contribution in [0.1, 0.15) is 96.1 Å². The molecule has 3 aliphatic rings. The summed E-state index contributed by atoms with van der Waals surface area (Å²) in [5.41, 5.74) is 2.16. The van der Waals surface area contributed by atoms with Crippen LogP contribution in [0.25, 0.3) is 0 Å². The van der Waals surface area contributed by atoms with Crippen LogP contribution >= 0.6 is 15.9 Å². The van der Waals surface area contributed by atoms with Crippen LogP contribution in [-0.2, 0) is 30.3 Å². The molecule has 0 saturated heterocycles. The van der Waals surface area contributed by atoms with Crippen LogP contribution in [-0.4, -0.2) is 76.7 Å². The van der Waals surface area contributed by atoms with Crippen molar-refractivity contribution in [1.29, 1.82) is 0 Å². The Bertz CT molecular complexity index is 1680. The molecule has 0 spiro atoms. The Labute approximate surface area is 287 Å². The topological polar surface area (TPSA) is 133 Å². The fraction of sp³-hybridized carbons (Fsp3) is 0.576. The minimum atomic E-state index is -4.73. The summed E-state index contributed by atoms with van der Waals surface area (Å²) < 4.78 is 59.1. The first-order chi connectivity index (χ1) is 22.2. The summed E-state index contributed by atoms with van der Waals surface area (Å²) in [6.45, 7) is 0. The molecule has 2 aliphatic carbocycles. The number of alkyl halides is 1. The van der Waals surface area contributed by atoms with E-state index in [-0.39, 0.29) is 21.1 Å². The zero-order valence-electron chi connectivity index (χ0n) is 27.7. The number of aldehydes is 1. The van der Waals surface area contributed by atoms with Gasteiger partial charge in [0, 0.05) is 50.4 Å². The highest BCUT2D eigenvalue weighted by atomic mass is 79.9. The highest BCUT2D eigenvalue weighted by molar-refractivity contribution is 9.09. The first kappa shape index (κ1) is 35.8.